The molecule has 0 atom stereocenters. The van der Waals surface area contributed by atoms with Gasteiger partial charge in [-0.25, -0.2) is 4.98 Å². The Labute approximate surface area is 126 Å². The Morgan fingerprint density at radius 2 is 2.10 bits per heavy atom. The summed E-state index contributed by atoms with van der Waals surface area (Å²) in [6.07, 6.45) is 6.20. The summed E-state index contributed by atoms with van der Waals surface area (Å²) in [4.78, 5) is 4.55. The maximum atomic E-state index is 6.18. The largest absolute Gasteiger partial charge is 0.491 e. The number of ether oxygens (including phenoxy) is 1. The van der Waals surface area contributed by atoms with Gasteiger partial charge in [-0.15, -0.1) is 0 Å². The minimum atomic E-state index is 0.349. The van der Waals surface area contributed by atoms with Crippen LogP contribution in [0.5, 0.6) is 5.75 Å². The third-order valence-corrected chi connectivity index (χ3v) is 4.58. The fourth-order valence-corrected chi connectivity index (χ4v) is 3.40. The summed E-state index contributed by atoms with van der Waals surface area (Å²) in [5.41, 5.74) is 8.52. The molecular formula is C17H25N3O. The maximum absolute atomic E-state index is 6.18. The van der Waals surface area contributed by atoms with Crippen molar-refractivity contribution in [1.29, 1.82) is 0 Å². The number of nitrogens with zero attached hydrogens (tertiary/aromatic N) is 2. The van der Waals surface area contributed by atoms with Gasteiger partial charge in [0.25, 0.3) is 0 Å². The van der Waals surface area contributed by atoms with Crippen molar-refractivity contribution < 1.29 is 4.74 Å². The molecule has 1 aliphatic carbocycles. The van der Waals surface area contributed by atoms with E-state index >= 15 is 0 Å². The van der Waals surface area contributed by atoms with Crippen LogP contribution in [0.2, 0.25) is 0 Å². The zero-order valence-electron chi connectivity index (χ0n) is 13.1. The van der Waals surface area contributed by atoms with Gasteiger partial charge in [0.05, 0.1) is 12.1 Å². The Balaban J connectivity index is 1.97. The van der Waals surface area contributed by atoms with Crippen molar-refractivity contribution in [2.24, 2.45) is 5.41 Å². The van der Waals surface area contributed by atoms with Crippen LogP contribution in [-0.2, 0) is 6.54 Å². The Morgan fingerprint density at radius 3 is 2.81 bits per heavy atom. The fourth-order valence-electron chi connectivity index (χ4n) is 3.40. The Morgan fingerprint density at radius 1 is 1.33 bits per heavy atom. The van der Waals surface area contributed by atoms with Crippen molar-refractivity contribution in [3.05, 3.63) is 18.2 Å². The van der Waals surface area contributed by atoms with Gasteiger partial charge in [-0.2, -0.15) is 0 Å². The number of aromatic nitrogens is 2. The molecule has 1 saturated carbocycles. The molecule has 0 amide bonds. The van der Waals surface area contributed by atoms with Crippen LogP contribution in [0, 0.1) is 5.41 Å². The molecule has 0 spiro atoms. The highest BCUT2D eigenvalue weighted by molar-refractivity contribution is 5.84. The monoisotopic (exact) mass is 287 g/mol. The standard InChI is InChI=1S/C17H25N3O/c1-3-11-21-14-8-6-7-13-15(14)19-16(18)20(13)12-17(2)9-4-5-10-17/h6-8H,3-5,9-12H2,1-2H3,(H2,18,19). The lowest BCUT2D eigenvalue weighted by Crippen LogP contribution is -2.20. The molecule has 1 aromatic heterocycles. The number of imidazole rings is 1. The molecule has 0 bridgehead atoms. The van der Waals surface area contributed by atoms with E-state index in [2.05, 4.69) is 29.5 Å². The van der Waals surface area contributed by atoms with Crippen LogP contribution in [0.15, 0.2) is 18.2 Å². The zero-order chi connectivity index (χ0) is 14.9. The van der Waals surface area contributed by atoms with E-state index in [9.17, 15) is 0 Å². The molecule has 1 aliphatic rings. The lowest BCUT2D eigenvalue weighted by molar-refractivity contribution is 0.287. The lowest BCUT2D eigenvalue weighted by atomic mass is 9.89. The van der Waals surface area contributed by atoms with Crippen molar-refractivity contribution in [3.63, 3.8) is 0 Å². The second-order valence-corrected chi connectivity index (χ2v) is 6.55. The van der Waals surface area contributed by atoms with Crippen molar-refractivity contribution in [3.8, 4) is 5.75 Å². The van der Waals surface area contributed by atoms with E-state index in [-0.39, 0.29) is 0 Å². The minimum Gasteiger partial charge on any atom is -0.491 e. The van der Waals surface area contributed by atoms with Gasteiger partial charge in [-0.3, -0.25) is 0 Å². The van der Waals surface area contributed by atoms with Gasteiger partial charge in [-0.05, 0) is 36.8 Å². The number of nitrogens with two attached hydrogens (primary N) is 1. The summed E-state index contributed by atoms with van der Waals surface area (Å²) >= 11 is 0. The minimum absolute atomic E-state index is 0.349. The van der Waals surface area contributed by atoms with E-state index in [4.69, 9.17) is 10.5 Å². The first kappa shape index (κ1) is 14.2. The predicted octanol–water partition coefficient (Wildman–Crippen LogP) is 3.99. The summed E-state index contributed by atoms with van der Waals surface area (Å²) in [7, 11) is 0. The van der Waals surface area contributed by atoms with Crippen molar-refractivity contribution >= 4 is 17.0 Å². The molecule has 21 heavy (non-hydrogen) atoms. The first-order valence-corrected chi connectivity index (χ1v) is 8.00. The van der Waals surface area contributed by atoms with E-state index in [0.717, 1.165) is 29.7 Å². The quantitative estimate of drug-likeness (QED) is 0.904. The molecule has 0 unspecified atom stereocenters. The Bertz CT molecular complexity index is 626. The number of para-hydroxylation sites is 1. The van der Waals surface area contributed by atoms with Gasteiger partial charge in [0.2, 0.25) is 5.95 Å². The lowest BCUT2D eigenvalue weighted by Gasteiger charge is -2.24. The number of anilines is 1. The average molecular weight is 287 g/mol. The van der Waals surface area contributed by atoms with Gasteiger partial charge >= 0.3 is 0 Å². The first-order chi connectivity index (χ1) is 10.1. The molecule has 0 aliphatic heterocycles. The summed E-state index contributed by atoms with van der Waals surface area (Å²) in [6.45, 7) is 6.13. The van der Waals surface area contributed by atoms with Crippen molar-refractivity contribution in [2.75, 3.05) is 12.3 Å². The molecular weight excluding hydrogens is 262 g/mol. The van der Waals surface area contributed by atoms with Crippen LogP contribution in [0.4, 0.5) is 5.95 Å². The van der Waals surface area contributed by atoms with Crippen LogP contribution in [0.3, 0.4) is 0 Å². The molecule has 3 rings (SSSR count). The number of benzene rings is 1. The molecule has 0 radical (unpaired) electrons. The topological polar surface area (TPSA) is 53.1 Å². The fraction of sp³-hybridized carbons (Fsp3) is 0.588. The molecule has 1 heterocycles. The van der Waals surface area contributed by atoms with Gasteiger partial charge in [-0.1, -0.05) is 32.8 Å². The van der Waals surface area contributed by atoms with Crippen molar-refractivity contribution in [2.45, 2.75) is 52.5 Å². The number of fused-ring (bicyclic) bond motifs is 1. The van der Waals surface area contributed by atoms with Gasteiger partial charge in [0, 0.05) is 6.54 Å². The SMILES string of the molecule is CCCOc1cccc2c1nc(N)n2CC1(C)CCCC1. The average Bonchev–Trinajstić information content (AvgIpc) is 3.03. The van der Waals surface area contributed by atoms with Gasteiger partial charge in [0.1, 0.15) is 11.3 Å². The molecule has 2 N–H and O–H groups in total. The van der Waals surface area contributed by atoms with Crippen molar-refractivity contribution in [1.82, 2.24) is 9.55 Å². The predicted molar refractivity (Wildman–Crippen MR) is 86.5 cm³/mol. The normalized spacial score (nSPS) is 17.4. The zero-order valence-corrected chi connectivity index (χ0v) is 13.1. The Kier molecular flexibility index (Phi) is 3.79. The highest BCUT2D eigenvalue weighted by Crippen LogP contribution is 2.40. The molecule has 0 saturated heterocycles. The molecule has 1 fully saturated rings. The molecule has 1 aromatic carbocycles. The molecule has 2 aromatic rings. The number of nitrogen functional groups attached to an aromatic ring is 1. The van der Waals surface area contributed by atoms with E-state index in [1.165, 1.54) is 25.7 Å². The highest BCUT2D eigenvalue weighted by atomic mass is 16.5. The van der Waals surface area contributed by atoms with Crippen LogP contribution >= 0.6 is 0 Å². The first-order valence-electron chi connectivity index (χ1n) is 8.00. The molecule has 4 nitrogen and oxygen atoms in total. The third kappa shape index (κ3) is 2.71. The highest BCUT2D eigenvalue weighted by Gasteiger charge is 2.30. The van der Waals surface area contributed by atoms with Crippen LogP contribution in [-0.4, -0.2) is 16.2 Å². The number of hydrogen-bond donors (Lipinski definition) is 1. The van der Waals surface area contributed by atoms with E-state index < -0.39 is 0 Å². The van der Waals surface area contributed by atoms with E-state index in [1.54, 1.807) is 0 Å². The van der Waals surface area contributed by atoms with E-state index in [1.807, 2.05) is 12.1 Å². The second-order valence-electron chi connectivity index (χ2n) is 6.55. The van der Waals surface area contributed by atoms with Crippen LogP contribution in [0.1, 0.15) is 46.0 Å². The second kappa shape index (κ2) is 5.58. The molecule has 4 heteroatoms. The van der Waals surface area contributed by atoms with Gasteiger partial charge in [0.15, 0.2) is 0 Å². The summed E-state index contributed by atoms with van der Waals surface area (Å²) in [5.74, 6) is 1.45. The smallest absolute Gasteiger partial charge is 0.201 e. The van der Waals surface area contributed by atoms with Crippen LogP contribution < -0.4 is 10.5 Å². The maximum Gasteiger partial charge on any atom is 0.201 e. The van der Waals surface area contributed by atoms with Gasteiger partial charge < -0.3 is 15.0 Å². The van der Waals surface area contributed by atoms with E-state index in [0.29, 0.717) is 18.0 Å². The summed E-state index contributed by atoms with van der Waals surface area (Å²) in [5, 5.41) is 0. The Hall–Kier alpha value is -1.71. The van der Waals surface area contributed by atoms with Crippen LogP contribution in [0.25, 0.3) is 11.0 Å². The number of hydrogen-bond acceptors (Lipinski definition) is 3. The summed E-state index contributed by atoms with van der Waals surface area (Å²) in [6, 6.07) is 6.10. The summed E-state index contributed by atoms with van der Waals surface area (Å²) < 4.78 is 7.97. The molecule has 114 valence electrons. The number of rotatable bonds is 5. The third-order valence-electron chi connectivity index (χ3n) is 4.58.